The van der Waals surface area contributed by atoms with Crippen LogP contribution in [0.3, 0.4) is 0 Å². The van der Waals surface area contributed by atoms with E-state index in [1.54, 1.807) is 18.3 Å². The topological polar surface area (TPSA) is 21.6 Å². The van der Waals surface area contributed by atoms with Crippen molar-refractivity contribution >= 4 is 45.9 Å². The van der Waals surface area contributed by atoms with Crippen molar-refractivity contribution in [1.82, 2.24) is 0 Å². The lowest BCUT2D eigenvalue weighted by Crippen LogP contribution is -1.98. The molecule has 0 fully saturated rings. The Morgan fingerprint density at radius 3 is 2.25 bits per heavy atom. The Bertz CT molecular complexity index is 1110. The summed E-state index contributed by atoms with van der Waals surface area (Å²) in [6.45, 7) is 0.387. The molecule has 0 aliphatic rings. The first-order valence-corrected chi connectivity index (χ1v) is 9.64. The molecule has 0 bridgehead atoms. The summed E-state index contributed by atoms with van der Waals surface area (Å²) in [5, 5.41) is 3.25. The van der Waals surface area contributed by atoms with Crippen LogP contribution in [-0.4, -0.2) is 6.21 Å². The molecule has 0 aromatic heterocycles. The van der Waals surface area contributed by atoms with Crippen molar-refractivity contribution in [3.63, 3.8) is 0 Å². The molecule has 4 heteroatoms. The zero-order chi connectivity index (χ0) is 19.3. The number of halogens is 2. The number of para-hydroxylation sites is 1. The second-order valence-corrected chi connectivity index (χ2v) is 7.15. The zero-order valence-corrected chi connectivity index (χ0v) is 16.5. The minimum Gasteiger partial charge on any atom is -0.486 e. The van der Waals surface area contributed by atoms with Crippen LogP contribution in [0.4, 0.5) is 5.69 Å². The monoisotopic (exact) mass is 405 g/mol. The fraction of sp³-hybridized carbons (Fsp3) is 0.0417. The van der Waals surface area contributed by atoms with Crippen molar-refractivity contribution in [2.75, 3.05) is 0 Å². The van der Waals surface area contributed by atoms with Gasteiger partial charge in [0.1, 0.15) is 6.61 Å². The molecule has 4 aromatic carbocycles. The lowest BCUT2D eigenvalue weighted by molar-refractivity contribution is 0.308. The maximum atomic E-state index is 6.43. The van der Waals surface area contributed by atoms with Gasteiger partial charge in [0.2, 0.25) is 0 Å². The molecule has 0 amide bonds. The highest BCUT2D eigenvalue weighted by Gasteiger charge is 2.10. The molecule has 0 aliphatic carbocycles. The molecule has 4 rings (SSSR count). The lowest BCUT2D eigenvalue weighted by atomic mass is 10.1. The Morgan fingerprint density at radius 2 is 1.46 bits per heavy atom. The summed E-state index contributed by atoms with van der Waals surface area (Å²) < 4.78 is 5.97. The van der Waals surface area contributed by atoms with Gasteiger partial charge in [0.15, 0.2) is 5.75 Å². The summed E-state index contributed by atoms with van der Waals surface area (Å²) in [5.74, 6) is 0.480. The SMILES string of the molecule is Clc1cc(C=Nc2ccccc2)cc(Cl)c1OCc1cccc2ccccc12. The van der Waals surface area contributed by atoms with Crippen LogP contribution in [0.5, 0.6) is 5.75 Å². The molecule has 0 unspecified atom stereocenters. The summed E-state index contributed by atoms with van der Waals surface area (Å²) in [4.78, 5) is 4.43. The molecule has 0 saturated heterocycles. The van der Waals surface area contributed by atoms with Gasteiger partial charge in [-0.15, -0.1) is 0 Å². The Labute approximate surface area is 174 Å². The van der Waals surface area contributed by atoms with Gasteiger partial charge in [-0.05, 0) is 46.2 Å². The number of aliphatic imine (C=N–C) groups is 1. The molecule has 0 heterocycles. The van der Waals surface area contributed by atoms with Gasteiger partial charge in [-0.3, -0.25) is 4.99 Å². The average molecular weight is 406 g/mol. The number of nitrogens with zero attached hydrogens (tertiary/aromatic N) is 1. The van der Waals surface area contributed by atoms with Crippen molar-refractivity contribution in [3.8, 4) is 5.75 Å². The van der Waals surface area contributed by atoms with Crippen LogP contribution in [0.2, 0.25) is 10.0 Å². The molecule has 0 N–H and O–H groups in total. The maximum absolute atomic E-state index is 6.43. The van der Waals surface area contributed by atoms with Crippen LogP contribution in [0, 0.1) is 0 Å². The highest BCUT2D eigenvalue weighted by Crippen LogP contribution is 2.35. The number of rotatable bonds is 5. The highest BCUT2D eigenvalue weighted by atomic mass is 35.5. The van der Waals surface area contributed by atoms with E-state index >= 15 is 0 Å². The Kier molecular flexibility index (Phi) is 5.61. The first-order valence-electron chi connectivity index (χ1n) is 8.88. The minimum absolute atomic E-state index is 0.387. The lowest BCUT2D eigenvalue weighted by Gasteiger charge is -2.12. The van der Waals surface area contributed by atoms with E-state index in [4.69, 9.17) is 27.9 Å². The molecule has 0 radical (unpaired) electrons. The number of hydrogen-bond acceptors (Lipinski definition) is 2. The van der Waals surface area contributed by atoms with Crippen LogP contribution in [0.25, 0.3) is 10.8 Å². The van der Waals surface area contributed by atoms with E-state index in [0.717, 1.165) is 22.2 Å². The predicted molar refractivity (Wildman–Crippen MR) is 118 cm³/mol. The number of benzene rings is 4. The molecule has 138 valence electrons. The van der Waals surface area contributed by atoms with E-state index < -0.39 is 0 Å². The predicted octanol–water partition coefficient (Wildman–Crippen LogP) is 7.48. The van der Waals surface area contributed by atoms with E-state index in [1.807, 2.05) is 54.6 Å². The van der Waals surface area contributed by atoms with Crippen LogP contribution in [0.1, 0.15) is 11.1 Å². The third-order valence-electron chi connectivity index (χ3n) is 4.39. The summed E-state index contributed by atoms with van der Waals surface area (Å²) in [6.07, 6.45) is 1.74. The smallest absolute Gasteiger partial charge is 0.157 e. The van der Waals surface area contributed by atoms with Crippen molar-refractivity contribution in [2.24, 2.45) is 4.99 Å². The summed E-state index contributed by atoms with van der Waals surface area (Å²) in [5.41, 5.74) is 2.77. The first-order chi connectivity index (χ1) is 13.7. The summed E-state index contributed by atoms with van der Waals surface area (Å²) in [7, 11) is 0. The van der Waals surface area contributed by atoms with E-state index in [2.05, 4.69) is 23.2 Å². The van der Waals surface area contributed by atoms with Crippen molar-refractivity contribution in [2.45, 2.75) is 6.61 Å². The molecular weight excluding hydrogens is 389 g/mol. The number of ether oxygens (including phenoxy) is 1. The Morgan fingerprint density at radius 1 is 0.786 bits per heavy atom. The first kappa shape index (κ1) is 18.5. The standard InChI is InChI=1S/C24H17Cl2NO/c25-22-13-17(15-27-20-10-2-1-3-11-20)14-23(26)24(22)28-16-19-9-6-8-18-7-4-5-12-21(18)19/h1-15H,16H2. The van der Waals surface area contributed by atoms with Gasteiger partial charge in [-0.1, -0.05) is 83.9 Å². The van der Waals surface area contributed by atoms with Crippen LogP contribution in [0.15, 0.2) is 89.9 Å². The Balaban J connectivity index is 1.54. The molecule has 0 aliphatic heterocycles. The maximum Gasteiger partial charge on any atom is 0.157 e. The van der Waals surface area contributed by atoms with Gasteiger partial charge in [-0.2, -0.15) is 0 Å². The van der Waals surface area contributed by atoms with Crippen LogP contribution >= 0.6 is 23.2 Å². The van der Waals surface area contributed by atoms with Crippen molar-refractivity contribution in [3.05, 3.63) is 106 Å². The van der Waals surface area contributed by atoms with Crippen molar-refractivity contribution in [1.29, 1.82) is 0 Å². The minimum atomic E-state index is 0.387. The third-order valence-corrected chi connectivity index (χ3v) is 4.95. The molecular formula is C24H17Cl2NO. The number of hydrogen-bond donors (Lipinski definition) is 0. The zero-order valence-electron chi connectivity index (χ0n) is 15.0. The molecule has 2 nitrogen and oxygen atoms in total. The fourth-order valence-corrected chi connectivity index (χ4v) is 3.64. The van der Waals surface area contributed by atoms with Gasteiger partial charge in [0.25, 0.3) is 0 Å². The second-order valence-electron chi connectivity index (χ2n) is 6.33. The molecule has 28 heavy (non-hydrogen) atoms. The highest BCUT2D eigenvalue weighted by molar-refractivity contribution is 6.37. The van der Waals surface area contributed by atoms with Crippen LogP contribution < -0.4 is 4.74 Å². The van der Waals surface area contributed by atoms with E-state index in [1.165, 1.54) is 5.39 Å². The van der Waals surface area contributed by atoms with E-state index in [0.29, 0.717) is 22.4 Å². The van der Waals surface area contributed by atoms with Crippen molar-refractivity contribution < 1.29 is 4.74 Å². The van der Waals surface area contributed by atoms with Gasteiger partial charge in [0, 0.05) is 6.21 Å². The van der Waals surface area contributed by atoms with Gasteiger partial charge >= 0.3 is 0 Å². The molecule has 0 spiro atoms. The average Bonchev–Trinajstić information content (AvgIpc) is 2.72. The fourth-order valence-electron chi connectivity index (χ4n) is 3.02. The molecule has 0 atom stereocenters. The van der Waals surface area contributed by atoms with E-state index in [-0.39, 0.29) is 0 Å². The molecule has 0 saturated carbocycles. The second kappa shape index (κ2) is 8.47. The Hall–Kier alpha value is -2.81. The summed E-state index contributed by atoms with van der Waals surface area (Å²) >= 11 is 12.9. The largest absolute Gasteiger partial charge is 0.486 e. The van der Waals surface area contributed by atoms with Gasteiger partial charge < -0.3 is 4.74 Å². The van der Waals surface area contributed by atoms with Gasteiger partial charge in [0.05, 0.1) is 15.7 Å². The third kappa shape index (κ3) is 4.19. The summed E-state index contributed by atoms with van der Waals surface area (Å²) in [6, 6.07) is 27.7. The van der Waals surface area contributed by atoms with Crippen LogP contribution in [-0.2, 0) is 6.61 Å². The normalized spacial score (nSPS) is 11.2. The number of fused-ring (bicyclic) bond motifs is 1. The molecule has 4 aromatic rings. The van der Waals surface area contributed by atoms with E-state index in [9.17, 15) is 0 Å². The van der Waals surface area contributed by atoms with Gasteiger partial charge in [-0.25, -0.2) is 0 Å². The quantitative estimate of drug-likeness (QED) is 0.315.